The van der Waals surface area contributed by atoms with Crippen molar-refractivity contribution in [2.45, 2.75) is 32.0 Å². The lowest BCUT2D eigenvalue weighted by molar-refractivity contribution is -0.146. The van der Waals surface area contributed by atoms with Gasteiger partial charge in [0.1, 0.15) is 12.2 Å². The number of carbonyl (C=O) groups is 2. The summed E-state index contributed by atoms with van der Waals surface area (Å²) in [4.78, 5) is 36.0. The van der Waals surface area contributed by atoms with Crippen molar-refractivity contribution in [3.8, 4) is 0 Å². The van der Waals surface area contributed by atoms with Gasteiger partial charge in [-0.1, -0.05) is 0 Å². The van der Waals surface area contributed by atoms with Crippen molar-refractivity contribution in [2.24, 2.45) is 11.8 Å². The second kappa shape index (κ2) is 6.96. The molecule has 1 aromatic heterocycles. The molecule has 9 nitrogen and oxygen atoms in total. The number of aromatic nitrogens is 3. The molecule has 26 heavy (non-hydrogen) atoms. The first-order chi connectivity index (χ1) is 12.5. The van der Waals surface area contributed by atoms with Crippen molar-refractivity contribution < 1.29 is 14.7 Å². The lowest BCUT2D eigenvalue weighted by atomic mass is 9.81. The van der Waals surface area contributed by atoms with E-state index >= 15 is 0 Å². The molecule has 1 saturated heterocycles. The van der Waals surface area contributed by atoms with Crippen LogP contribution in [0.3, 0.4) is 0 Å². The summed E-state index contributed by atoms with van der Waals surface area (Å²) < 4.78 is 1.75. The zero-order chi connectivity index (χ0) is 18.3. The van der Waals surface area contributed by atoms with Gasteiger partial charge in [-0.3, -0.25) is 9.59 Å². The van der Waals surface area contributed by atoms with E-state index in [4.69, 9.17) is 0 Å². The highest BCUT2D eigenvalue weighted by Crippen LogP contribution is 2.30. The minimum atomic E-state index is -0.373. The first-order valence-corrected chi connectivity index (χ1v) is 9.32. The van der Waals surface area contributed by atoms with Crippen LogP contribution >= 0.6 is 0 Å². The molecule has 1 aromatic rings. The number of likely N-dealkylation sites (N-methyl/N-ethyl adjacent to an activating group) is 1. The Bertz CT molecular complexity index is 678. The number of aliphatic hydroxyl groups is 1. The van der Waals surface area contributed by atoms with E-state index in [2.05, 4.69) is 22.0 Å². The summed E-state index contributed by atoms with van der Waals surface area (Å²) in [5.74, 6) is 0.372. The van der Waals surface area contributed by atoms with Gasteiger partial charge in [0, 0.05) is 38.6 Å². The summed E-state index contributed by atoms with van der Waals surface area (Å²) in [6.45, 7) is 4.40. The van der Waals surface area contributed by atoms with Gasteiger partial charge in [-0.15, -0.1) is 0 Å². The predicted octanol–water partition coefficient (Wildman–Crippen LogP) is -1.22. The Kier molecular flexibility index (Phi) is 4.66. The number of nitrogens with zero attached hydrogens (tertiary/aromatic N) is 6. The van der Waals surface area contributed by atoms with E-state index in [1.165, 1.54) is 6.33 Å². The zero-order valence-corrected chi connectivity index (χ0v) is 15.1. The van der Waals surface area contributed by atoms with Crippen LogP contribution in [0.15, 0.2) is 6.33 Å². The normalized spacial score (nSPS) is 29.7. The summed E-state index contributed by atoms with van der Waals surface area (Å²) in [5.41, 5.74) is 0. The van der Waals surface area contributed by atoms with Gasteiger partial charge in [0.25, 0.3) is 0 Å². The molecule has 4 rings (SSSR count). The van der Waals surface area contributed by atoms with E-state index in [1.807, 2.05) is 4.90 Å². The molecule has 1 saturated carbocycles. The van der Waals surface area contributed by atoms with Gasteiger partial charge in [-0.2, -0.15) is 5.10 Å². The molecule has 1 unspecified atom stereocenters. The molecule has 9 heteroatoms. The topological polar surface area (TPSA) is 94.8 Å². The third kappa shape index (κ3) is 3.33. The summed E-state index contributed by atoms with van der Waals surface area (Å²) >= 11 is 0. The maximum atomic E-state index is 13.1. The Morgan fingerprint density at radius 3 is 2.42 bits per heavy atom. The summed E-state index contributed by atoms with van der Waals surface area (Å²) in [7, 11) is 2.06. The number of piperazine rings is 1. The minimum absolute atomic E-state index is 0.0166. The molecule has 2 amide bonds. The van der Waals surface area contributed by atoms with Crippen LogP contribution in [0.5, 0.6) is 0 Å². The second-order valence-corrected chi connectivity index (χ2v) is 7.72. The first kappa shape index (κ1) is 17.4. The van der Waals surface area contributed by atoms with Gasteiger partial charge in [-0.25, -0.2) is 9.67 Å². The first-order valence-electron chi connectivity index (χ1n) is 9.32. The van der Waals surface area contributed by atoms with Crippen molar-refractivity contribution in [3.05, 3.63) is 12.2 Å². The standard InChI is InChI=1S/C17H26N6O3/c1-20-2-4-21(5-3-20)17(26)13-8-22(16(25)12-6-14(24)7-12)10-15-18-11-19-23(15)9-13/h11-14,24H,2-10H2,1H3. The van der Waals surface area contributed by atoms with Crippen molar-refractivity contribution in [3.63, 3.8) is 0 Å². The van der Waals surface area contributed by atoms with Crippen LogP contribution in [0.2, 0.25) is 0 Å². The molecular formula is C17H26N6O3. The number of amides is 2. The fraction of sp³-hybridized carbons (Fsp3) is 0.765. The minimum Gasteiger partial charge on any atom is -0.393 e. The third-order valence-electron chi connectivity index (χ3n) is 5.80. The fourth-order valence-electron chi connectivity index (χ4n) is 3.99. The molecule has 1 N–H and O–H groups in total. The smallest absolute Gasteiger partial charge is 0.229 e. The van der Waals surface area contributed by atoms with Gasteiger partial charge in [0.05, 0.1) is 25.1 Å². The number of fused-ring (bicyclic) bond motifs is 1. The Morgan fingerprint density at radius 1 is 1.04 bits per heavy atom. The molecule has 0 bridgehead atoms. The van der Waals surface area contributed by atoms with Crippen molar-refractivity contribution in [1.82, 2.24) is 29.5 Å². The van der Waals surface area contributed by atoms with Gasteiger partial charge in [0.2, 0.25) is 11.8 Å². The predicted molar refractivity (Wildman–Crippen MR) is 91.7 cm³/mol. The SMILES string of the molecule is CN1CCN(C(=O)C2CN(C(=O)C3CC(O)C3)Cc3ncnn3C2)CC1. The number of rotatable bonds is 2. The molecule has 2 fully saturated rings. The number of hydrogen-bond donors (Lipinski definition) is 1. The van der Waals surface area contributed by atoms with Crippen molar-refractivity contribution >= 4 is 11.8 Å². The lowest BCUT2D eigenvalue weighted by Gasteiger charge is -2.37. The van der Waals surface area contributed by atoms with E-state index < -0.39 is 0 Å². The monoisotopic (exact) mass is 362 g/mol. The van der Waals surface area contributed by atoms with Crippen LogP contribution in [0.1, 0.15) is 18.7 Å². The Balaban J connectivity index is 1.50. The summed E-state index contributed by atoms with van der Waals surface area (Å²) in [6.07, 6.45) is 2.13. The van der Waals surface area contributed by atoms with E-state index in [9.17, 15) is 14.7 Å². The Labute approximate surface area is 152 Å². The fourth-order valence-corrected chi connectivity index (χ4v) is 3.99. The maximum Gasteiger partial charge on any atom is 0.229 e. The summed E-state index contributed by atoms with van der Waals surface area (Å²) in [5, 5.41) is 13.8. The molecular weight excluding hydrogens is 336 g/mol. The highest BCUT2D eigenvalue weighted by molar-refractivity contribution is 5.82. The molecule has 0 aromatic carbocycles. The average Bonchev–Trinajstić information content (AvgIpc) is 2.96. The van der Waals surface area contributed by atoms with Gasteiger partial charge < -0.3 is 19.8 Å². The Morgan fingerprint density at radius 2 is 1.73 bits per heavy atom. The van der Waals surface area contributed by atoms with Crippen LogP contribution in [-0.2, 0) is 22.7 Å². The lowest BCUT2D eigenvalue weighted by Crippen LogP contribution is -2.51. The molecule has 0 spiro atoms. The zero-order valence-electron chi connectivity index (χ0n) is 15.1. The molecule has 1 aliphatic carbocycles. The third-order valence-corrected chi connectivity index (χ3v) is 5.80. The molecule has 0 radical (unpaired) electrons. The quantitative estimate of drug-likeness (QED) is 0.709. The largest absolute Gasteiger partial charge is 0.393 e. The molecule has 142 valence electrons. The van der Waals surface area contributed by atoms with Crippen LogP contribution in [0, 0.1) is 11.8 Å². The maximum absolute atomic E-state index is 13.1. The van der Waals surface area contributed by atoms with E-state index in [0.29, 0.717) is 38.3 Å². The van der Waals surface area contributed by atoms with Gasteiger partial charge >= 0.3 is 0 Å². The average molecular weight is 362 g/mol. The molecule has 1 atom stereocenters. The Hall–Kier alpha value is -2.00. The number of carbonyl (C=O) groups excluding carboxylic acids is 2. The van der Waals surface area contributed by atoms with E-state index in [1.54, 1.807) is 9.58 Å². The van der Waals surface area contributed by atoms with Crippen LogP contribution < -0.4 is 0 Å². The molecule has 3 heterocycles. The van der Waals surface area contributed by atoms with Crippen molar-refractivity contribution in [2.75, 3.05) is 39.8 Å². The van der Waals surface area contributed by atoms with Gasteiger partial charge in [-0.05, 0) is 19.9 Å². The van der Waals surface area contributed by atoms with E-state index in [0.717, 1.165) is 26.2 Å². The number of aliphatic hydroxyl groups excluding tert-OH is 1. The highest BCUT2D eigenvalue weighted by Gasteiger charge is 2.39. The summed E-state index contributed by atoms with van der Waals surface area (Å²) in [6, 6.07) is 0. The highest BCUT2D eigenvalue weighted by atomic mass is 16.3. The van der Waals surface area contributed by atoms with Crippen molar-refractivity contribution in [1.29, 1.82) is 0 Å². The van der Waals surface area contributed by atoms with E-state index in [-0.39, 0.29) is 29.8 Å². The van der Waals surface area contributed by atoms with Crippen LogP contribution in [0.4, 0.5) is 0 Å². The van der Waals surface area contributed by atoms with Gasteiger partial charge in [0.15, 0.2) is 0 Å². The van der Waals surface area contributed by atoms with Crippen LogP contribution in [-0.4, -0.2) is 92.3 Å². The molecule has 2 aliphatic heterocycles. The molecule has 3 aliphatic rings. The second-order valence-electron chi connectivity index (χ2n) is 7.72. The number of hydrogen-bond acceptors (Lipinski definition) is 6. The van der Waals surface area contributed by atoms with Crippen LogP contribution in [0.25, 0.3) is 0 Å².